The summed E-state index contributed by atoms with van der Waals surface area (Å²) >= 11 is 0. The third-order valence-electron chi connectivity index (χ3n) is 7.92. The molecule has 0 saturated carbocycles. The number of ether oxygens (including phenoxy) is 1. The summed E-state index contributed by atoms with van der Waals surface area (Å²) in [6.07, 6.45) is 0. The molecule has 1 aliphatic heterocycles. The first-order valence-electron chi connectivity index (χ1n) is 12.7. The molecule has 6 aromatic carbocycles. The molecule has 0 radical (unpaired) electrons. The second-order valence-corrected chi connectivity index (χ2v) is 9.80. The minimum absolute atomic E-state index is 0.451. The summed E-state index contributed by atoms with van der Waals surface area (Å²) in [5.74, 6) is 1.81. The number of para-hydroxylation sites is 1. The van der Waals surface area contributed by atoms with Crippen LogP contribution >= 0.6 is 0 Å². The van der Waals surface area contributed by atoms with E-state index in [9.17, 15) is 0 Å². The van der Waals surface area contributed by atoms with Gasteiger partial charge < -0.3 is 10.1 Å². The SMILES string of the molecule is c1ccc2c(c1)Oc1ccc(Nc3cccc4ccccc34)cc1C21c2ccccc2-c2ccccc21. The van der Waals surface area contributed by atoms with Crippen molar-refractivity contribution in [3.8, 4) is 22.6 Å². The first-order chi connectivity index (χ1) is 18.3. The second kappa shape index (κ2) is 7.59. The van der Waals surface area contributed by atoms with Gasteiger partial charge in [-0.2, -0.15) is 0 Å². The van der Waals surface area contributed by atoms with E-state index in [2.05, 4.69) is 139 Å². The largest absolute Gasteiger partial charge is 0.457 e. The lowest BCUT2D eigenvalue weighted by atomic mass is 9.66. The minimum atomic E-state index is -0.451. The summed E-state index contributed by atoms with van der Waals surface area (Å²) in [6, 6.07) is 47.6. The summed E-state index contributed by atoms with van der Waals surface area (Å²) in [7, 11) is 0. The highest BCUT2D eigenvalue weighted by molar-refractivity contribution is 5.96. The molecule has 37 heavy (non-hydrogen) atoms. The van der Waals surface area contributed by atoms with E-state index in [1.807, 2.05) is 0 Å². The molecule has 0 amide bonds. The van der Waals surface area contributed by atoms with E-state index >= 15 is 0 Å². The van der Waals surface area contributed by atoms with Crippen LogP contribution in [-0.4, -0.2) is 0 Å². The molecular weight excluding hydrogens is 450 g/mol. The molecule has 0 fully saturated rings. The van der Waals surface area contributed by atoms with Gasteiger partial charge in [-0.05, 0) is 58.0 Å². The molecule has 2 nitrogen and oxygen atoms in total. The van der Waals surface area contributed by atoms with Gasteiger partial charge in [0.1, 0.15) is 11.5 Å². The molecule has 1 spiro atoms. The Labute approximate surface area is 215 Å². The minimum Gasteiger partial charge on any atom is -0.457 e. The molecule has 0 unspecified atom stereocenters. The normalized spacial score (nSPS) is 13.8. The third-order valence-corrected chi connectivity index (χ3v) is 7.92. The molecular formula is C35H23NO. The van der Waals surface area contributed by atoms with Crippen molar-refractivity contribution in [1.82, 2.24) is 0 Å². The fraction of sp³-hybridized carbons (Fsp3) is 0.0286. The Hall–Kier alpha value is -4.82. The van der Waals surface area contributed by atoms with Crippen molar-refractivity contribution in [2.24, 2.45) is 0 Å². The number of nitrogens with one attached hydrogen (secondary N) is 1. The molecule has 0 saturated heterocycles. The van der Waals surface area contributed by atoms with Crippen molar-refractivity contribution in [2.75, 3.05) is 5.32 Å². The Morgan fingerprint density at radius 3 is 1.92 bits per heavy atom. The highest BCUT2D eigenvalue weighted by atomic mass is 16.5. The Balaban J connectivity index is 1.40. The van der Waals surface area contributed by atoms with Crippen LogP contribution in [0.3, 0.4) is 0 Å². The first-order valence-corrected chi connectivity index (χ1v) is 12.7. The van der Waals surface area contributed by atoms with Crippen LogP contribution in [0.15, 0.2) is 133 Å². The Morgan fingerprint density at radius 2 is 1.11 bits per heavy atom. The maximum atomic E-state index is 6.54. The number of rotatable bonds is 2. The van der Waals surface area contributed by atoms with Crippen LogP contribution in [0, 0.1) is 0 Å². The molecule has 1 aliphatic carbocycles. The van der Waals surface area contributed by atoms with Gasteiger partial charge in [0.25, 0.3) is 0 Å². The highest BCUT2D eigenvalue weighted by Gasteiger charge is 2.50. The molecule has 0 atom stereocenters. The summed E-state index contributed by atoms with van der Waals surface area (Å²) < 4.78 is 6.54. The zero-order chi connectivity index (χ0) is 24.4. The van der Waals surface area contributed by atoms with Crippen molar-refractivity contribution < 1.29 is 4.74 Å². The smallest absolute Gasteiger partial charge is 0.132 e. The van der Waals surface area contributed by atoms with Crippen LogP contribution in [0.1, 0.15) is 22.3 Å². The van der Waals surface area contributed by atoms with E-state index in [1.54, 1.807) is 0 Å². The predicted molar refractivity (Wildman–Crippen MR) is 151 cm³/mol. The van der Waals surface area contributed by atoms with Gasteiger partial charge in [0.05, 0.1) is 5.41 Å². The number of benzene rings is 6. The monoisotopic (exact) mass is 473 g/mol. The Bertz CT molecular complexity index is 1800. The van der Waals surface area contributed by atoms with Crippen LogP contribution in [0.25, 0.3) is 21.9 Å². The van der Waals surface area contributed by atoms with Crippen LogP contribution in [0.2, 0.25) is 0 Å². The van der Waals surface area contributed by atoms with Crippen molar-refractivity contribution in [3.63, 3.8) is 0 Å². The standard InChI is InChI=1S/C35H23NO/c1-2-12-25-23(10-1)11-9-18-32(25)36-24-20-21-34-31(22-24)35(30-17-7-8-19-33(30)37-34)28-15-5-3-13-26(28)27-14-4-6-16-29(27)35/h1-22,36H. The van der Waals surface area contributed by atoms with Crippen LogP contribution in [-0.2, 0) is 5.41 Å². The number of fused-ring (bicyclic) bond motifs is 10. The fourth-order valence-corrected chi connectivity index (χ4v) is 6.42. The lowest BCUT2D eigenvalue weighted by molar-refractivity contribution is 0.436. The molecule has 174 valence electrons. The van der Waals surface area contributed by atoms with Gasteiger partial charge in [-0.25, -0.2) is 0 Å². The van der Waals surface area contributed by atoms with E-state index in [0.717, 1.165) is 28.4 Å². The summed E-state index contributed by atoms with van der Waals surface area (Å²) in [4.78, 5) is 0. The highest BCUT2D eigenvalue weighted by Crippen LogP contribution is 2.62. The van der Waals surface area contributed by atoms with Crippen LogP contribution < -0.4 is 10.1 Å². The maximum absolute atomic E-state index is 6.54. The molecule has 0 aromatic heterocycles. The van der Waals surface area contributed by atoms with E-state index in [1.165, 1.54) is 38.6 Å². The summed E-state index contributed by atoms with van der Waals surface area (Å²) in [5, 5.41) is 6.14. The molecule has 0 bridgehead atoms. The molecule has 1 heterocycles. The predicted octanol–water partition coefficient (Wildman–Crippen LogP) is 9.05. The lowest BCUT2D eigenvalue weighted by Crippen LogP contribution is -2.32. The third kappa shape index (κ3) is 2.75. The van der Waals surface area contributed by atoms with Crippen LogP contribution in [0.4, 0.5) is 11.4 Å². The molecule has 8 rings (SSSR count). The van der Waals surface area contributed by atoms with Crippen LogP contribution in [0.5, 0.6) is 11.5 Å². The second-order valence-electron chi connectivity index (χ2n) is 9.80. The van der Waals surface area contributed by atoms with Gasteiger partial charge in [-0.15, -0.1) is 0 Å². The van der Waals surface area contributed by atoms with Gasteiger partial charge in [0.2, 0.25) is 0 Å². The average molecular weight is 474 g/mol. The first kappa shape index (κ1) is 20.4. The summed E-state index contributed by atoms with van der Waals surface area (Å²) in [5.41, 5.74) is 9.20. The summed E-state index contributed by atoms with van der Waals surface area (Å²) in [6.45, 7) is 0. The Morgan fingerprint density at radius 1 is 0.486 bits per heavy atom. The molecule has 1 N–H and O–H groups in total. The number of anilines is 2. The van der Waals surface area contributed by atoms with Gasteiger partial charge in [0.15, 0.2) is 0 Å². The van der Waals surface area contributed by atoms with Gasteiger partial charge in [0, 0.05) is 27.9 Å². The number of hydrogen-bond donors (Lipinski definition) is 1. The van der Waals surface area contributed by atoms with E-state index in [-0.39, 0.29) is 0 Å². The Kier molecular flexibility index (Phi) is 4.18. The topological polar surface area (TPSA) is 21.3 Å². The van der Waals surface area contributed by atoms with E-state index < -0.39 is 5.41 Å². The van der Waals surface area contributed by atoms with Crippen molar-refractivity contribution in [1.29, 1.82) is 0 Å². The average Bonchev–Trinajstić information content (AvgIpc) is 3.25. The van der Waals surface area contributed by atoms with Gasteiger partial charge in [-0.3, -0.25) is 0 Å². The lowest BCUT2D eigenvalue weighted by Gasteiger charge is -2.39. The van der Waals surface area contributed by atoms with E-state index in [4.69, 9.17) is 4.74 Å². The van der Waals surface area contributed by atoms with Gasteiger partial charge >= 0.3 is 0 Å². The maximum Gasteiger partial charge on any atom is 0.132 e. The molecule has 2 aliphatic rings. The molecule has 2 heteroatoms. The van der Waals surface area contributed by atoms with E-state index in [0.29, 0.717) is 0 Å². The van der Waals surface area contributed by atoms with Gasteiger partial charge in [-0.1, -0.05) is 103 Å². The fourth-order valence-electron chi connectivity index (χ4n) is 6.42. The van der Waals surface area contributed by atoms with Crippen molar-refractivity contribution in [2.45, 2.75) is 5.41 Å². The zero-order valence-corrected chi connectivity index (χ0v) is 20.1. The number of hydrogen-bond acceptors (Lipinski definition) is 2. The quantitative estimate of drug-likeness (QED) is 0.270. The van der Waals surface area contributed by atoms with Crippen molar-refractivity contribution in [3.05, 3.63) is 156 Å². The molecule has 6 aromatic rings. The zero-order valence-electron chi connectivity index (χ0n) is 20.1. The van der Waals surface area contributed by atoms with Crippen molar-refractivity contribution >= 4 is 22.1 Å².